The van der Waals surface area contributed by atoms with Gasteiger partial charge < -0.3 is 15.2 Å². The third kappa shape index (κ3) is 5.16. The second kappa shape index (κ2) is 8.78. The predicted molar refractivity (Wildman–Crippen MR) is 99.7 cm³/mol. The Kier molecular flexibility index (Phi) is 5.96. The summed E-state index contributed by atoms with van der Waals surface area (Å²) in [7, 11) is 0. The summed E-state index contributed by atoms with van der Waals surface area (Å²) in [4.78, 5) is 16.4. The smallest absolute Gasteiger partial charge is 0.227 e. The van der Waals surface area contributed by atoms with Gasteiger partial charge in [-0.25, -0.2) is 0 Å². The maximum atomic E-state index is 12.2. The van der Waals surface area contributed by atoms with Gasteiger partial charge in [0, 0.05) is 18.0 Å². The van der Waals surface area contributed by atoms with Gasteiger partial charge in [0.05, 0.1) is 18.2 Å². The van der Waals surface area contributed by atoms with Crippen LogP contribution in [0.3, 0.4) is 0 Å². The molecule has 3 rings (SSSR count). The number of anilines is 1. The number of nitrogens with zero attached hydrogens (tertiary/aromatic N) is 1. The van der Waals surface area contributed by atoms with Crippen molar-refractivity contribution >= 4 is 11.6 Å². The van der Waals surface area contributed by atoms with Crippen molar-refractivity contribution in [1.29, 1.82) is 0 Å². The Balaban J connectivity index is 1.55. The first kappa shape index (κ1) is 17.6. The van der Waals surface area contributed by atoms with Crippen LogP contribution in [0.2, 0.25) is 0 Å². The van der Waals surface area contributed by atoms with E-state index in [2.05, 4.69) is 10.3 Å². The molecule has 1 atom stereocenters. The van der Waals surface area contributed by atoms with Crippen molar-refractivity contribution in [3.05, 3.63) is 90.3 Å². The summed E-state index contributed by atoms with van der Waals surface area (Å²) in [6, 6.07) is 21.9. The number of aliphatic hydroxyl groups is 1. The first-order valence-electron chi connectivity index (χ1n) is 8.36. The van der Waals surface area contributed by atoms with Gasteiger partial charge in [-0.15, -0.1) is 0 Å². The van der Waals surface area contributed by atoms with Crippen LogP contribution >= 0.6 is 0 Å². The predicted octanol–water partition coefficient (Wildman–Crippen LogP) is 3.72. The highest BCUT2D eigenvalue weighted by Crippen LogP contribution is 2.20. The molecule has 0 spiro atoms. The minimum absolute atomic E-state index is 0.0109. The molecular weight excluding hydrogens is 328 g/mol. The van der Waals surface area contributed by atoms with E-state index in [0.717, 1.165) is 11.3 Å². The third-order valence-electron chi connectivity index (χ3n) is 3.79. The van der Waals surface area contributed by atoms with E-state index in [4.69, 9.17) is 4.74 Å². The molecule has 26 heavy (non-hydrogen) atoms. The van der Waals surface area contributed by atoms with Gasteiger partial charge in [-0.1, -0.05) is 42.5 Å². The Morgan fingerprint density at radius 3 is 2.62 bits per heavy atom. The summed E-state index contributed by atoms with van der Waals surface area (Å²) in [5, 5.41) is 12.9. The number of carbonyl (C=O) groups excluding carboxylic acids is 1. The molecule has 0 saturated carbocycles. The van der Waals surface area contributed by atoms with Crippen LogP contribution in [0.1, 0.15) is 23.8 Å². The normalized spacial score (nSPS) is 11.6. The van der Waals surface area contributed by atoms with E-state index in [1.165, 1.54) is 0 Å². The molecule has 1 heterocycles. The molecule has 1 unspecified atom stereocenters. The number of hydrogen-bond acceptors (Lipinski definition) is 4. The van der Waals surface area contributed by atoms with Crippen molar-refractivity contribution in [2.45, 2.75) is 19.1 Å². The minimum Gasteiger partial charge on any atom is -0.487 e. The van der Waals surface area contributed by atoms with E-state index in [0.29, 0.717) is 18.0 Å². The van der Waals surface area contributed by atoms with Crippen molar-refractivity contribution in [2.24, 2.45) is 0 Å². The lowest BCUT2D eigenvalue weighted by molar-refractivity contribution is -0.118. The second-order valence-corrected chi connectivity index (χ2v) is 5.82. The van der Waals surface area contributed by atoms with Crippen LogP contribution in [0.25, 0.3) is 0 Å². The molecule has 0 aliphatic heterocycles. The molecule has 0 aliphatic rings. The zero-order valence-electron chi connectivity index (χ0n) is 14.2. The largest absolute Gasteiger partial charge is 0.487 e. The van der Waals surface area contributed by atoms with Crippen molar-refractivity contribution in [3.8, 4) is 5.75 Å². The van der Waals surface area contributed by atoms with Gasteiger partial charge in [-0.05, 0) is 29.8 Å². The molecule has 5 heteroatoms. The number of ether oxygens (including phenoxy) is 1. The Bertz CT molecular complexity index is 838. The molecule has 1 amide bonds. The fraction of sp³-hybridized carbons (Fsp3) is 0.143. The second-order valence-electron chi connectivity index (χ2n) is 5.82. The lowest BCUT2D eigenvalue weighted by Crippen LogP contribution is -2.15. The Morgan fingerprint density at radius 1 is 1.04 bits per heavy atom. The highest BCUT2D eigenvalue weighted by Gasteiger charge is 2.13. The number of amides is 1. The minimum atomic E-state index is -0.834. The van der Waals surface area contributed by atoms with Crippen LogP contribution in [-0.2, 0) is 11.4 Å². The highest BCUT2D eigenvalue weighted by molar-refractivity contribution is 5.91. The molecule has 0 fully saturated rings. The molecule has 1 aromatic heterocycles. The SMILES string of the molecule is O=C(CC(O)c1ccccc1)Nc1cccc(OCc2ccccn2)c1. The Labute approximate surface area is 152 Å². The molecule has 2 N–H and O–H groups in total. The number of rotatable bonds is 7. The van der Waals surface area contributed by atoms with E-state index >= 15 is 0 Å². The number of hydrogen-bond donors (Lipinski definition) is 2. The Morgan fingerprint density at radius 2 is 1.85 bits per heavy atom. The number of benzene rings is 2. The van der Waals surface area contributed by atoms with Crippen LogP contribution in [0.15, 0.2) is 79.0 Å². The van der Waals surface area contributed by atoms with Gasteiger partial charge in [-0.3, -0.25) is 9.78 Å². The van der Waals surface area contributed by atoms with Crippen LogP contribution in [-0.4, -0.2) is 16.0 Å². The van der Waals surface area contributed by atoms with Crippen LogP contribution in [0.5, 0.6) is 5.75 Å². The van der Waals surface area contributed by atoms with Crippen molar-refractivity contribution in [1.82, 2.24) is 4.98 Å². The maximum Gasteiger partial charge on any atom is 0.227 e. The number of aliphatic hydroxyl groups excluding tert-OH is 1. The van der Waals surface area contributed by atoms with Gasteiger partial charge in [0.2, 0.25) is 5.91 Å². The number of carbonyl (C=O) groups is 1. The zero-order chi connectivity index (χ0) is 18.2. The molecule has 0 aliphatic carbocycles. The summed E-state index contributed by atoms with van der Waals surface area (Å²) < 4.78 is 5.70. The summed E-state index contributed by atoms with van der Waals surface area (Å²) >= 11 is 0. The maximum absolute atomic E-state index is 12.2. The van der Waals surface area contributed by atoms with Crippen LogP contribution in [0, 0.1) is 0 Å². The van der Waals surface area contributed by atoms with Crippen molar-refractivity contribution in [2.75, 3.05) is 5.32 Å². The summed E-state index contributed by atoms with van der Waals surface area (Å²) in [6.07, 6.45) is 0.871. The van der Waals surface area contributed by atoms with Gasteiger partial charge in [-0.2, -0.15) is 0 Å². The van der Waals surface area contributed by atoms with Crippen molar-refractivity contribution < 1.29 is 14.6 Å². The molecule has 0 radical (unpaired) electrons. The average Bonchev–Trinajstić information content (AvgIpc) is 2.68. The Hall–Kier alpha value is -3.18. The van der Waals surface area contributed by atoms with E-state index < -0.39 is 6.10 Å². The first-order valence-corrected chi connectivity index (χ1v) is 8.36. The van der Waals surface area contributed by atoms with Crippen LogP contribution < -0.4 is 10.1 Å². The molecule has 0 saturated heterocycles. The monoisotopic (exact) mass is 348 g/mol. The summed E-state index contributed by atoms with van der Waals surface area (Å²) in [5.41, 5.74) is 2.16. The lowest BCUT2D eigenvalue weighted by atomic mass is 10.1. The molecule has 0 bridgehead atoms. The molecule has 3 aromatic rings. The number of nitrogens with one attached hydrogen (secondary N) is 1. The van der Waals surface area contributed by atoms with Gasteiger partial charge in [0.25, 0.3) is 0 Å². The molecule has 5 nitrogen and oxygen atoms in total. The molecular formula is C21H20N2O3. The summed E-state index contributed by atoms with van der Waals surface area (Å²) in [5.74, 6) is 0.375. The fourth-order valence-electron chi connectivity index (χ4n) is 2.49. The first-order chi connectivity index (χ1) is 12.7. The zero-order valence-corrected chi connectivity index (χ0v) is 14.2. The standard InChI is InChI=1S/C21H20N2O3/c24-20(16-7-2-1-3-8-16)14-21(25)23-17-10-6-11-19(13-17)26-15-18-9-4-5-12-22-18/h1-13,20,24H,14-15H2,(H,23,25). The van der Waals surface area contributed by atoms with E-state index in [9.17, 15) is 9.90 Å². The fourth-order valence-corrected chi connectivity index (χ4v) is 2.49. The van der Waals surface area contributed by atoms with Gasteiger partial charge >= 0.3 is 0 Å². The number of aromatic nitrogens is 1. The van der Waals surface area contributed by atoms with E-state index in [1.807, 2.05) is 42.5 Å². The van der Waals surface area contributed by atoms with E-state index in [1.54, 1.807) is 36.5 Å². The molecule has 132 valence electrons. The van der Waals surface area contributed by atoms with E-state index in [-0.39, 0.29) is 12.3 Å². The topological polar surface area (TPSA) is 71.5 Å². The average molecular weight is 348 g/mol. The van der Waals surface area contributed by atoms with Gasteiger partial charge in [0.1, 0.15) is 12.4 Å². The van der Waals surface area contributed by atoms with Gasteiger partial charge in [0.15, 0.2) is 0 Å². The third-order valence-corrected chi connectivity index (χ3v) is 3.79. The quantitative estimate of drug-likeness (QED) is 0.683. The van der Waals surface area contributed by atoms with Crippen molar-refractivity contribution in [3.63, 3.8) is 0 Å². The lowest BCUT2D eigenvalue weighted by Gasteiger charge is -2.12. The highest BCUT2D eigenvalue weighted by atomic mass is 16.5. The molecule has 2 aromatic carbocycles. The summed E-state index contributed by atoms with van der Waals surface area (Å²) in [6.45, 7) is 0.352. The number of pyridine rings is 1. The van der Waals surface area contributed by atoms with Crippen LogP contribution in [0.4, 0.5) is 5.69 Å².